The van der Waals surface area contributed by atoms with Gasteiger partial charge in [-0.1, -0.05) is 43.9 Å². The van der Waals surface area contributed by atoms with E-state index in [1.165, 1.54) is 18.3 Å². The van der Waals surface area contributed by atoms with Crippen LogP contribution in [0.15, 0.2) is 65.6 Å². The van der Waals surface area contributed by atoms with Gasteiger partial charge >= 0.3 is 6.18 Å². The Morgan fingerprint density at radius 1 is 1.18 bits per heavy atom. The van der Waals surface area contributed by atoms with E-state index in [1.807, 2.05) is 17.1 Å². The van der Waals surface area contributed by atoms with E-state index in [2.05, 4.69) is 39.0 Å². The van der Waals surface area contributed by atoms with Crippen molar-refractivity contribution in [2.75, 3.05) is 68.4 Å². The van der Waals surface area contributed by atoms with E-state index in [-0.39, 0.29) is 30.5 Å². The second kappa shape index (κ2) is 12.0. The number of alkyl halides is 3. The first-order chi connectivity index (χ1) is 18.2. The first-order valence-electron chi connectivity index (χ1n) is 12.8. The maximum absolute atomic E-state index is 14.1. The summed E-state index contributed by atoms with van der Waals surface area (Å²) in [4.78, 5) is 27.4. The van der Waals surface area contributed by atoms with Gasteiger partial charge in [0, 0.05) is 46.3 Å². The summed E-state index contributed by atoms with van der Waals surface area (Å²) in [6, 6.07) is 0. The number of amides is 1. The van der Waals surface area contributed by atoms with Crippen LogP contribution in [-0.2, 0) is 4.79 Å². The fraction of sp³-hybridized carbons (Fsp3) is 0.444. The van der Waals surface area contributed by atoms with Gasteiger partial charge in [0.2, 0.25) is 5.95 Å². The smallest absolute Gasteiger partial charge is 0.351 e. The molecule has 0 radical (unpaired) electrons. The fourth-order valence-electron chi connectivity index (χ4n) is 4.84. The lowest BCUT2D eigenvalue weighted by molar-refractivity contribution is -0.112. The molecule has 3 heterocycles. The van der Waals surface area contributed by atoms with Crippen LogP contribution in [0.3, 0.4) is 0 Å². The first kappa shape index (κ1) is 27.6. The lowest BCUT2D eigenvalue weighted by Gasteiger charge is -2.34. The van der Waals surface area contributed by atoms with Crippen LogP contribution in [-0.4, -0.2) is 84.7 Å². The number of nitrogens with zero attached hydrogens (tertiary/aromatic N) is 5. The van der Waals surface area contributed by atoms with Crippen LogP contribution in [0.1, 0.15) is 19.8 Å². The molecule has 1 aromatic rings. The highest BCUT2D eigenvalue weighted by atomic mass is 19.4. The molecule has 1 saturated heterocycles. The van der Waals surface area contributed by atoms with Crippen molar-refractivity contribution >= 4 is 23.4 Å². The molecule has 0 saturated carbocycles. The summed E-state index contributed by atoms with van der Waals surface area (Å²) in [5.74, 6) is 0.392. The van der Waals surface area contributed by atoms with E-state index in [0.29, 0.717) is 30.2 Å². The molecule has 4 rings (SSSR count). The third-order valence-corrected chi connectivity index (χ3v) is 6.91. The van der Waals surface area contributed by atoms with Crippen LogP contribution in [0.4, 0.5) is 30.6 Å². The van der Waals surface area contributed by atoms with Crippen molar-refractivity contribution < 1.29 is 18.0 Å². The molecule has 11 heteroatoms. The molecule has 8 nitrogen and oxygen atoms in total. The van der Waals surface area contributed by atoms with E-state index < -0.39 is 11.7 Å². The molecular weight excluding hydrogens is 495 g/mol. The van der Waals surface area contributed by atoms with Gasteiger partial charge in [-0.25, -0.2) is 4.98 Å². The lowest BCUT2D eigenvalue weighted by Crippen LogP contribution is -2.46. The molecule has 0 spiro atoms. The van der Waals surface area contributed by atoms with Gasteiger partial charge in [0.15, 0.2) is 5.82 Å². The normalized spacial score (nSPS) is 19.6. The summed E-state index contributed by atoms with van der Waals surface area (Å²) < 4.78 is 42.4. The van der Waals surface area contributed by atoms with E-state index >= 15 is 0 Å². The van der Waals surface area contributed by atoms with E-state index in [1.54, 1.807) is 11.9 Å². The van der Waals surface area contributed by atoms with Crippen LogP contribution >= 0.6 is 0 Å². The Bertz CT molecular complexity index is 1180. The second-order valence-electron chi connectivity index (χ2n) is 9.36. The van der Waals surface area contributed by atoms with Gasteiger partial charge < -0.3 is 20.4 Å². The number of rotatable bonds is 8. The highest BCUT2D eigenvalue weighted by Gasteiger charge is 2.36. The molecule has 1 amide bonds. The molecule has 1 fully saturated rings. The topological polar surface area (TPSA) is 76.6 Å². The van der Waals surface area contributed by atoms with Crippen LogP contribution in [0.5, 0.6) is 0 Å². The highest BCUT2D eigenvalue weighted by Crippen LogP contribution is 2.35. The van der Waals surface area contributed by atoms with Crippen molar-refractivity contribution in [1.82, 2.24) is 19.8 Å². The Labute approximate surface area is 221 Å². The van der Waals surface area contributed by atoms with Gasteiger partial charge in [-0.15, -0.1) is 0 Å². The summed E-state index contributed by atoms with van der Waals surface area (Å²) in [5.41, 5.74) is 1.22. The summed E-state index contributed by atoms with van der Waals surface area (Å²) in [6.45, 7) is 9.81. The Morgan fingerprint density at radius 2 is 1.89 bits per heavy atom. The monoisotopic (exact) mass is 529 g/mol. The molecule has 2 aliphatic heterocycles. The number of piperazine rings is 1. The SMILES string of the molecule is C=C/C=C(CN1CCN(CC)CC1)\C(=C/CNc1ncc2c(n1)N(C)C1=CCCC=C1C(=O)N2)C(F)(F)F. The predicted octanol–water partition coefficient (Wildman–Crippen LogP) is 4.12. The Morgan fingerprint density at radius 3 is 2.58 bits per heavy atom. The van der Waals surface area contributed by atoms with Crippen molar-refractivity contribution in [2.45, 2.75) is 25.9 Å². The minimum absolute atomic E-state index is 0.129. The molecule has 38 heavy (non-hydrogen) atoms. The zero-order valence-corrected chi connectivity index (χ0v) is 21.8. The Hall–Kier alpha value is -3.44. The third kappa shape index (κ3) is 6.33. The van der Waals surface area contributed by atoms with Crippen molar-refractivity contribution in [3.05, 3.63) is 65.6 Å². The molecule has 0 unspecified atom stereocenters. The molecule has 1 aromatic heterocycles. The largest absolute Gasteiger partial charge is 0.416 e. The number of nitrogens with one attached hydrogen (secondary N) is 2. The predicted molar refractivity (Wildman–Crippen MR) is 144 cm³/mol. The number of carbonyl (C=O) groups excluding carboxylic acids is 1. The quantitative estimate of drug-likeness (QED) is 0.491. The minimum Gasteiger partial charge on any atom is -0.351 e. The molecule has 0 aromatic carbocycles. The Kier molecular flexibility index (Phi) is 8.68. The summed E-state index contributed by atoms with van der Waals surface area (Å²) in [5, 5.41) is 5.71. The van der Waals surface area contributed by atoms with Gasteiger partial charge in [-0.05, 0) is 25.0 Å². The number of likely N-dealkylation sites (N-methyl/N-ethyl adjacent to an activating group) is 2. The van der Waals surface area contributed by atoms with Gasteiger partial charge in [-0.2, -0.15) is 18.2 Å². The van der Waals surface area contributed by atoms with Crippen molar-refractivity contribution in [1.29, 1.82) is 0 Å². The van der Waals surface area contributed by atoms with Crippen LogP contribution < -0.4 is 15.5 Å². The van der Waals surface area contributed by atoms with Gasteiger partial charge in [0.05, 0.1) is 23.0 Å². The zero-order chi connectivity index (χ0) is 27.3. The number of carbonyl (C=O) groups is 1. The van der Waals surface area contributed by atoms with E-state index in [9.17, 15) is 18.0 Å². The highest BCUT2D eigenvalue weighted by molar-refractivity contribution is 6.10. The lowest BCUT2D eigenvalue weighted by atomic mass is 10.0. The maximum Gasteiger partial charge on any atom is 0.416 e. The van der Waals surface area contributed by atoms with Crippen molar-refractivity contribution in [3.8, 4) is 0 Å². The van der Waals surface area contributed by atoms with E-state index in [0.717, 1.165) is 44.2 Å². The molecule has 0 atom stereocenters. The fourth-order valence-corrected chi connectivity index (χ4v) is 4.84. The average molecular weight is 530 g/mol. The number of fused-ring (bicyclic) bond motifs is 2. The van der Waals surface area contributed by atoms with Crippen LogP contribution in [0.2, 0.25) is 0 Å². The number of aromatic nitrogens is 2. The molecule has 204 valence electrons. The third-order valence-electron chi connectivity index (χ3n) is 6.91. The summed E-state index contributed by atoms with van der Waals surface area (Å²) in [6.07, 6.45) is 6.35. The van der Waals surface area contributed by atoms with Crippen molar-refractivity contribution in [3.63, 3.8) is 0 Å². The number of halogens is 3. The average Bonchev–Trinajstić information content (AvgIpc) is 3.00. The number of anilines is 3. The molecule has 1 aliphatic carbocycles. The minimum atomic E-state index is -4.53. The first-order valence-corrected chi connectivity index (χ1v) is 12.8. The number of hydrogen-bond donors (Lipinski definition) is 2. The molecule has 3 aliphatic rings. The zero-order valence-electron chi connectivity index (χ0n) is 21.8. The maximum atomic E-state index is 14.1. The van der Waals surface area contributed by atoms with Gasteiger partial charge in [0.1, 0.15) is 5.69 Å². The van der Waals surface area contributed by atoms with Crippen LogP contribution in [0.25, 0.3) is 0 Å². The van der Waals surface area contributed by atoms with Gasteiger partial charge in [0.25, 0.3) is 5.91 Å². The second-order valence-corrected chi connectivity index (χ2v) is 9.36. The standard InChI is InChI=1S/C27H34F3N7O/c1-4-8-19(18-37-15-13-36(5-2)14-16-37)21(27(28,29)30)11-12-31-26-32-17-22-24(34-26)35(3)23-10-7-6-9-20(23)25(38)33-22/h4,8-11,17H,1,5-7,12-16,18H2,2-3H3,(H,33,38)(H,31,32,34)/b19-8-,21-11+. The van der Waals surface area contributed by atoms with E-state index in [4.69, 9.17) is 0 Å². The molecule has 2 N–H and O–H groups in total. The summed E-state index contributed by atoms with van der Waals surface area (Å²) >= 11 is 0. The Balaban J connectivity index is 1.51. The number of allylic oxidation sites excluding steroid dienone is 4. The van der Waals surface area contributed by atoms with Crippen LogP contribution in [0, 0.1) is 0 Å². The van der Waals surface area contributed by atoms with Crippen molar-refractivity contribution in [2.24, 2.45) is 0 Å². The summed E-state index contributed by atoms with van der Waals surface area (Å²) in [7, 11) is 1.80. The molecule has 0 bridgehead atoms. The van der Waals surface area contributed by atoms with Gasteiger partial charge in [-0.3, -0.25) is 9.69 Å². The number of hydrogen-bond acceptors (Lipinski definition) is 7. The molecular formula is C27H34F3N7O.